The highest BCUT2D eigenvalue weighted by molar-refractivity contribution is 5.57. The minimum Gasteiger partial charge on any atom is -0.368 e. The summed E-state index contributed by atoms with van der Waals surface area (Å²) in [5, 5.41) is 4.77. The highest BCUT2D eigenvalue weighted by atomic mass is 19.1. The number of fused-ring (bicyclic) bond motifs is 1. The van der Waals surface area contributed by atoms with Crippen molar-refractivity contribution in [3.8, 4) is 0 Å². The van der Waals surface area contributed by atoms with Gasteiger partial charge in [0.25, 0.3) is 5.78 Å². The molecule has 0 radical (unpaired) electrons. The second-order valence-electron chi connectivity index (χ2n) is 8.35. The Kier molecular flexibility index (Phi) is 5.66. The molecule has 3 heterocycles. The van der Waals surface area contributed by atoms with Crippen LogP contribution in [0.3, 0.4) is 0 Å². The Morgan fingerprint density at radius 2 is 1.61 bits per heavy atom. The maximum atomic E-state index is 13.6. The van der Waals surface area contributed by atoms with Gasteiger partial charge in [0.1, 0.15) is 17.5 Å². The van der Waals surface area contributed by atoms with Crippen molar-refractivity contribution in [1.82, 2.24) is 19.6 Å². The first-order chi connectivity index (χ1) is 16.0. The molecule has 8 heteroatoms. The van der Waals surface area contributed by atoms with Crippen molar-refractivity contribution in [2.24, 2.45) is 0 Å². The second kappa shape index (κ2) is 8.77. The number of piperazine rings is 1. The van der Waals surface area contributed by atoms with Crippen LogP contribution in [0.5, 0.6) is 0 Å². The predicted octanol–water partition coefficient (Wildman–Crippen LogP) is 4.19. The summed E-state index contributed by atoms with van der Waals surface area (Å²) in [5.41, 5.74) is 3.96. The van der Waals surface area contributed by atoms with E-state index in [4.69, 9.17) is 10.1 Å². The standard InChI is InChI=1S/C25H26F2N6/c1-3-22-17(2)28-25-29-23(16-18-5-4-6-20(27)15-18)30-33(25)24(22)32-13-11-31(12-14-32)21-9-7-19(26)8-10-21/h4-10,15H,3,11-14,16H2,1-2H3. The van der Waals surface area contributed by atoms with E-state index in [1.165, 1.54) is 24.3 Å². The molecule has 0 atom stereocenters. The van der Waals surface area contributed by atoms with Crippen LogP contribution in [0.1, 0.15) is 29.6 Å². The van der Waals surface area contributed by atoms with Crippen LogP contribution >= 0.6 is 0 Å². The lowest BCUT2D eigenvalue weighted by Gasteiger charge is -2.38. The van der Waals surface area contributed by atoms with Crippen LogP contribution in [-0.4, -0.2) is 45.8 Å². The number of hydrogen-bond acceptors (Lipinski definition) is 5. The molecule has 0 bridgehead atoms. The summed E-state index contributed by atoms with van der Waals surface area (Å²) in [7, 11) is 0. The van der Waals surface area contributed by atoms with Crippen molar-refractivity contribution in [3.05, 3.63) is 82.8 Å². The fourth-order valence-corrected chi connectivity index (χ4v) is 4.54. The molecule has 0 unspecified atom stereocenters. The Morgan fingerprint density at radius 3 is 2.30 bits per heavy atom. The monoisotopic (exact) mass is 448 g/mol. The number of rotatable bonds is 5. The zero-order valence-electron chi connectivity index (χ0n) is 18.8. The van der Waals surface area contributed by atoms with E-state index in [0.717, 1.165) is 60.9 Å². The maximum absolute atomic E-state index is 13.6. The number of anilines is 2. The summed E-state index contributed by atoms with van der Waals surface area (Å²) in [6.45, 7) is 7.39. The van der Waals surface area contributed by atoms with Crippen molar-refractivity contribution >= 4 is 17.3 Å². The van der Waals surface area contributed by atoms with E-state index in [1.807, 2.05) is 29.6 Å². The van der Waals surface area contributed by atoms with E-state index in [1.54, 1.807) is 6.07 Å². The summed E-state index contributed by atoms with van der Waals surface area (Å²) in [4.78, 5) is 13.9. The van der Waals surface area contributed by atoms with Gasteiger partial charge in [0.05, 0.1) is 0 Å². The van der Waals surface area contributed by atoms with Crippen molar-refractivity contribution in [3.63, 3.8) is 0 Å². The van der Waals surface area contributed by atoms with Gasteiger partial charge >= 0.3 is 0 Å². The molecule has 1 saturated heterocycles. The van der Waals surface area contributed by atoms with Crippen molar-refractivity contribution in [2.75, 3.05) is 36.0 Å². The molecule has 0 spiro atoms. The molecule has 4 aromatic rings. The predicted molar refractivity (Wildman–Crippen MR) is 125 cm³/mol. The maximum Gasteiger partial charge on any atom is 0.254 e. The van der Waals surface area contributed by atoms with Gasteiger partial charge in [0, 0.05) is 49.5 Å². The van der Waals surface area contributed by atoms with Gasteiger partial charge in [0.2, 0.25) is 0 Å². The molecule has 2 aromatic heterocycles. The summed E-state index contributed by atoms with van der Waals surface area (Å²) < 4.78 is 28.8. The largest absolute Gasteiger partial charge is 0.368 e. The van der Waals surface area contributed by atoms with Crippen molar-refractivity contribution < 1.29 is 8.78 Å². The average molecular weight is 449 g/mol. The van der Waals surface area contributed by atoms with Crippen LogP contribution in [0.25, 0.3) is 5.78 Å². The highest BCUT2D eigenvalue weighted by Crippen LogP contribution is 2.27. The number of aryl methyl sites for hydroxylation is 1. The molecule has 0 saturated carbocycles. The lowest BCUT2D eigenvalue weighted by Crippen LogP contribution is -2.47. The molecule has 0 amide bonds. The summed E-state index contributed by atoms with van der Waals surface area (Å²) >= 11 is 0. The molecule has 0 aliphatic carbocycles. The van der Waals surface area contributed by atoms with Gasteiger partial charge in [-0.05, 0) is 55.3 Å². The normalized spacial score (nSPS) is 14.3. The molecule has 2 aromatic carbocycles. The van der Waals surface area contributed by atoms with Gasteiger partial charge in [-0.15, -0.1) is 5.10 Å². The van der Waals surface area contributed by atoms with Gasteiger partial charge in [-0.1, -0.05) is 19.1 Å². The molecular formula is C25H26F2N6. The smallest absolute Gasteiger partial charge is 0.254 e. The topological polar surface area (TPSA) is 49.6 Å². The average Bonchev–Trinajstić information content (AvgIpc) is 3.20. The molecule has 33 heavy (non-hydrogen) atoms. The second-order valence-corrected chi connectivity index (χ2v) is 8.35. The molecule has 5 rings (SSSR count). The van der Waals surface area contributed by atoms with Crippen molar-refractivity contribution in [1.29, 1.82) is 0 Å². The molecule has 1 fully saturated rings. The minimum absolute atomic E-state index is 0.222. The zero-order chi connectivity index (χ0) is 22.9. The number of halogens is 2. The van der Waals surface area contributed by atoms with Crippen molar-refractivity contribution in [2.45, 2.75) is 26.7 Å². The lowest BCUT2D eigenvalue weighted by molar-refractivity contribution is 0.621. The number of hydrogen-bond donors (Lipinski definition) is 0. The first kappa shape index (κ1) is 21.3. The Bertz CT molecular complexity index is 1280. The summed E-state index contributed by atoms with van der Waals surface area (Å²) in [6.07, 6.45) is 1.28. The number of aromatic nitrogens is 4. The van der Waals surface area contributed by atoms with Crippen LogP contribution < -0.4 is 9.80 Å². The fraction of sp³-hybridized carbons (Fsp3) is 0.320. The van der Waals surface area contributed by atoms with Gasteiger partial charge in [0.15, 0.2) is 5.82 Å². The van der Waals surface area contributed by atoms with Gasteiger partial charge < -0.3 is 9.80 Å². The van der Waals surface area contributed by atoms with E-state index in [9.17, 15) is 8.78 Å². The number of benzene rings is 2. The Labute approximate surface area is 191 Å². The first-order valence-electron chi connectivity index (χ1n) is 11.3. The molecule has 6 nitrogen and oxygen atoms in total. The van der Waals surface area contributed by atoms with E-state index >= 15 is 0 Å². The Morgan fingerprint density at radius 1 is 0.879 bits per heavy atom. The SMILES string of the molecule is CCc1c(C)nc2nc(Cc3cccc(F)c3)nn2c1N1CCN(c2ccc(F)cc2)CC1. The third kappa shape index (κ3) is 4.25. The zero-order valence-corrected chi connectivity index (χ0v) is 18.8. The minimum atomic E-state index is -0.266. The van der Waals surface area contributed by atoms with Crippen LogP contribution in [0.15, 0.2) is 48.5 Å². The molecule has 0 N–H and O–H groups in total. The van der Waals surface area contributed by atoms with Gasteiger partial charge in [-0.25, -0.2) is 13.8 Å². The van der Waals surface area contributed by atoms with E-state index < -0.39 is 0 Å². The third-order valence-electron chi connectivity index (χ3n) is 6.18. The lowest BCUT2D eigenvalue weighted by atomic mass is 10.1. The quantitative estimate of drug-likeness (QED) is 0.458. The number of nitrogens with zero attached hydrogens (tertiary/aromatic N) is 6. The first-order valence-corrected chi connectivity index (χ1v) is 11.3. The highest BCUT2D eigenvalue weighted by Gasteiger charge is 2.24. The van der Waals surface area contributed by atoms with E-state index in [2.05, 4.69) is 21.7 Å². The summed E-state index contributed by atoms with van der Waals surface area (Å²) in [6, 6.07) is 13.2. The van der Waals surface area contributed by atoms with Gasteiger partial charge in [-0.2, -0.15) is 9.50 Å². The Hall–Kier alpha value is -3.55. The van der Waals surface area contributed by atoms with E-state index in [-0.39, 0.29) is 11.6 Å². The van der Waals surface area contributed by atoms with Crippen LogP contribution in [0.2, 0.25) is 0 Å². The molecule has 170 valence electrons. The third-order valence-corrected chi connectivity index (χ3v) is 6.18. The molecular weight excluding hydrogens is 422 g/mol. The summed E-state index contributed by atoms with van der Waals surface area (Å²) in [5.74, 6) is 1.72. The fourth-order valence-electron chi connectivity index (χ4n) is 4.54. The van der Waals surface area contributed by atoms with Gasteiger partial charge in [-0.3, -0.25) is 0 Å². The van der Waals surface area contributed by atoms with Crippen LogP contribution in [0, 0.1) is 18.6 Å². The van der Waals surface area contributed by atoms with E-state index in [0.29, 0.717) is 18.0 Å². The van der Waals surface area contributed by atoms with Crippen LogP contribution in [0.4, 0.5) is 20.3 Å². The molecule has 1 aliphatic rings. The molecule has 1 aliphatic heterocycles. The van der Waals surface area contributed by atoms with Crippen LogP contribution in [-0.2, 0) is 12.8 Å². The Balaban J connectivity index is 1.45.